The molecule has 1 heterocycles. The number of hydrogen-bond acceptors (Lipinski definition) is 2. The molecule has 0 radical (unpaired) electrons. The van der Waals surface area contributed by atoms with E-state index in [2.05, 4.69) is 4.98 Å². The van der Waals surface area contributed by atoms with Gasteiger partial charge in [0.1, 0.15) is 5.82 Å². The minimum Gasteiger partial charge on any atom is -0.479 e. The van der Waals surface area contributed by atoms with Crippen LogP contribution in [0.15, 0.2) is 30.5 Å². The number of carboxylic acid groups (broad SMARTS) is 1. The standard InChI is InChI=1S/C19H19F2NO2/c20-13-1-2-16-15(11-13)14(5-10-22-16)12-3-6-18(7-4-12)8-9-19(18,21)17(23)24/h1-2,5,10-12H,3-4,6-9H2,(H,23,24)/t12?,18?,19-/m0/s1. The molecule has 2 fully saturated rings. The van der Waals surface area contributed by atoms with Crippen LogP contribution in [0, 0.1) is 11.2 Å². The summed E-state index contributed by atoms with van der Waals surface area (Å²) in [6.07, 6.45) is 5.09. The summed E-state index contributed by atoms with van der Waals surface area (Å²) < 4.78 is 28.4. The van der Waals surface area contributed by atoms with Gasteiger partial charge in [-0.05, 0) is 74.3 Å². The first-order chi connectivity index (χ1) is 11.5. The van der Waals surface area contributed by atoms with E-state index in [1.165, 1.54) is 12.1 Å². The fraction of sp³-hybridized carbons (Fsp3) is 0.474. The molecule has 2 aliphatic rings. The molecule has 1 aromatic heterocycles. The van der Waals surface area contributed by atoms with Crippen molar-refractivity contribution in [2.75, 3.05) is 0 Å². The minimum absolute atomic E-state index is 0.121. The highest BCUT2D eigenvalue weighted by molar-refractivity contribution is 5.83. The molecular formula is C19H19F2NO2. The molecule has 2 saturated carbocycles. The van der Waals surface area contributed by atoms with Crippen LogP contribution in [0.2, 0.25) is 0 Å². The van der Waals surface area contributed by atoms with Gasteiger partial charge in [0.05, 0.1) is 5.52 Å². The van der Waals surface area contributed by atoms with Crippen molar-refractivity contribution in [1.82, 2.24) is 4.98 Å². The summed E-state index contributed by atoms with van der Waals surface area (Å²) in [4.78, 5) is 15.6. The molecule has 0 aliphatic heterocycles. The van der Waals surface area contributed by atoms with E-state index in [9.17, 15) is 18.7 Å². The van der Waals surface area contributed by atoms with Crippen molar-refractivity contribution in [2.45, 2.75) is 50.1 Å². The summed E-state index contributed by atoms with van der Waals surface area (Å²) in [5.74, 6) is -1.41. The van der Waals surface area contributed by atoms with Crippen LogP contribution in [0.1, 0.15) is 50.0 Å². The zero-order valence-corrected chi connectivity index (χ0v) is 13.3. The maximum atomic E-state index is 14.7. The molecule has 1 N–H and O–H groups in total. The van der Waals surface area contributed by atoms with Gasteiger partial charge in [0.25, 0.3) is 0 Å². The van der Waals surface area contributed by atoms with Crippen LogP contribution in [-0.4, -0.2) is 21.7 Å². The molecule has 0 saturated heterocycles. The van der Waals surface area contributed by atoms with E-state index < -0.39 is 17.1 Å². The molecule has 0 unspecified atom stereocenters. The van der Waals surface area contributed by atoms with Crippen molar-refractivity contribution < 1.29 is 18.7 Å². The Morgan fingerprint density at radius 1 is 1.17 bits per heavy atom. The Hall–Kier alpha value is -2.04. The number of alkyl halides is 1. The number of nitrogens with zero attached hydrogens (tertiary/aromatic N) is 1. The molecule has 1 atom stereocenters. The Morgan fingerprint density at radius 3 is 2.54 bits per heavy atom. The third-order valence-corrected chi connectivity index (χ3v) is 6.25. The molecule has 4 rings (SSSR count). The number of aliphatic carboxylic acids is 1. The van der Waals surface area contributed by atoms with Crippen LogP contribution in [0.25, 0.3) is 10.9 Å². The first-order valence-corrected chi connectivity index (χ1v) is 8.42. The summed E-state index contributed by atoms with van der Waals surface area (Å²) in [7, 11) is 0. The number of pyridine rings is 1. The van der Waals surface area contributed by atoms with Gasteiger partial charge in [-0.15, -0.1) is 0 Å². The van der Waals surface area contributed by atoms with Gasteiger partial charge in [0.2, 0.25) is 5.67 Å². The van der Waals surface area contributed by atoms with E-state index in [-0.39, 0.29) is 18.2 Å². The van der Waals surface area contributed by atoms with Gasteiger partial charge < -0.3 is 5.11 Å². The van der Waals surface area contributed by atoms with Gasteiger partial charge in [-0.2, -0.15) is 0 Å². The number of benzene rings is 1. The van der Waals surface area contributed by atoms with Crippen molar-refractivity contribution in [2.24, 2.45) is 5.41 Å². The maximum absolute atomic E-state index is 14.7. The minimum atomic E-state index is -2.07. The predicted octanol–water partition coefficient (Wildman–Crippen LogP) is 4.60. The first-order valence-electron chi connectivity index (χ1n) is 8.42. The lowest BCUT2D eigenvalue weighted by atomic mass is 9.50. The predicted molar refractivity (Wildman–Crippen MR) is 86.1 cm³/mol. The highest BCUT2D eigenvalue weighted by atomic mass is 19.1. The molecule has 0 bridgehead atoms. The van der Waals surface area contributed by atoms with Crippen LogP contribution >= 0.6 is 0 Å². The van der Waals surface area contributed by atoms with Crippen LogP contribution in [0.4, 0.5) is 8.78 Å². The van der Waals surface area contributed by atoms with E-state index in [1.54, 1.807) is 12.3 Å². The second-order valence-corrected chi connectivity index (χ2v) is 7.22. The fourth-order valence-electron chi connectivity index (χ4n) is 4.66. The third kappa shape index (κ3) is 2.06. The number of aromatic nitrogens is 1. The fourth-order valence-corrected chi connectivity index (χ4v) is 4.66. The van der Waals surface area contributed by atoms with Crippen molar-refractivity contribution in [3.05, 3.63) is 41.8 Å². The molecule has 3 nitrogen and oxygen atoms in total. The molecule has 0 amide bonds. The van der Waals surface area contributed by atoms with Crippen LogP contribution in [-0.2, 0) is 4.79 Å². The molecular weight excluding hydrogens is 312 g/mol. The van der Waals surface area contributed by atoms with Crippen molar-refractivity contribution >= 4 is 16.9 Å². The number of fused-ring (bicyclic) bond motifs is 1. The zero-order valence-electron chi connectivity index (χ0n) is 13.3. The molecule has 1 spiro atoms. The van der Waals surface area contributed by atoms with Gasteiger partial charge in [-0.3, -0.25) is 4.98 Å². The SMILES string of the molecule is O=C(O)[C@@]1(F)CCC12CCC(c1ccnc3ccc(F)cc13)CC2. The molecule has 5 heteroatoms. The quantitative estimate of drug-likeness (QED) is 0.874. The number of carboxylic acids is 1. The summed E-state index contributed by atoms with van der Waals surface area (Å²) in [5, 5.41) is 10.0. The Bertz CT molecular complexity index is 814. The topological polar surface area (TPSA) is 50.2 Å². The maximum Gasteiger partial charge on any atom is 0.342 e. The highest BCUT2D eigenvalue weighted by Crippen LogP contribution is 2.62. The molecule has 24 heavy (non-hydrogen) atoms. The van der Waals surface area contributed by atoms with E-state index in [0.29, 0.717) is 19.3 Å². The number of carbonyl (C=O) groups is 1. The lowest BCUT2D eigenvalue weighted by Crippen LogP contribution is -2.60. The van der Waals surface area contributed by atoms with Crippen LogP contribution < -0.4 is 0 Å². The second-order valence-electron chi connectivity index (χ2n) is 7.22. The zero-order chi connectivity index (χ0) is 16.9. The molecule has 2 aliphatic carbocycles. The highest BCUT2D eigenvalue weighted by Gasteiger charge is 2.65. The summed E-state index contributed by atoms with van der Waals surface area (Å²) in [5.41, 5.74) is -0.981. The second kappa shape index (κ2) is 5.23. The van der Waals surface area contributed by atoms with E-state index in [1.807, 2.05) is 6.07 Å². The lowest BCUT2D eigenvalue weighted by molar-refractivity contribution is -0.187. The van der Waals surface area contributed by atoms with Crippen LogP contribution in [0.5, 0.6) is 0 Å². The molecule has 1 aromatic carbocycles. The summed E-state index contributed by atoms with van der Waals surface area (Å²) >= 11 is 0. The van der Waals surface area contributed by atoms with Gasteiger partial charge in [-0.1, -0.05) is 0 Å². The van der Waals surface area contributed by atoms with Crippen molar-refractivity contribution in [1.29, 1.82) is 0 Å². The Labute approximate surface area is 138 Å². The van der Waals surface area contributed by atoms with E-state index in [0.717, 1.165) is 29.3 Å². The number of halogens is 2. The summed E-state index contributed by atoms with van der Waals surface area (Å²) in [6, 6.07) is 6.47. The number of hydrogen-bond donors (Lipinski definition) is 1. The van der Waals surface area contributed by atoms with Gasteiger partial charge in [-0.25, -0.2) is 13.6 Å². The number of rotatable bonds is 2. The smallest absolute Gasteiger partial charge is 0.342 e. The largest absolute Gasteiger partial charge is 0.479 e. The van der Waals surface area contributed by atoms with E-state index in [4.69, 9.17) is 0 Å². The monoisotopic (exact) mass is 331 g/mol. The Morgan fingerprint density at radius 2 is 1.92 bits per heavy atom. The lowest BCUT2D eigenvalue weighted by Gasteiger charge is -2.55. The molecule has 2 aromatic rings. The average Bonchev–Trinajstić information content (AvgIpc) is 2.59. The average molecular weight is 331 g/mol. The van der Waals surface area contributed by atoms with Crippen molar-refractivity contribution in [3.8, 4) is 0 Å². The Kier molecular flexibility index (Phi) is 3.37. The van der Waals surface area contributed by atoms with Gasteiger partial charge in [0, 0.05) is 17.0 Å². The summed E-state index contributed by atoms with van der Waals surface area (Å²) in [6.45, 7) is 0. The van der Waals surface area contributed by atoms with Crippen molar-refractivity contribution in [3.63, 3.8) is 0 Å². The molecule has 126 valence electrons. The first kappa shape index (κ1) is 15.5. The van der Waals surface area contributed by atoms with Crippen LogP contribution in [0.3, 0.4) is 0 Å². The Balaban J connectivity index is 1.61. The van der Waals surface area contributed by atoms with E-state index >= 15 is 0 Å². The normalized spacial score (nSPS) is 32.7. The third-order valence-electron chi connectivity index (χ3n) is 6.25. The van der Waals surface area contributed by atoms with Gasteiger partial charge in [0.15, 0.2) is 0 Å². The van der Waals surface area contributed by atoms with Gasteiger partial charge >= 0.3 is 5.97 Å².